The van der Waals surface area contributed by atoms with Gasteiger partial charge in [-0.25, -0.2) is 19.9 Å². The Hall–Kier alpha value is -3.55. The first kappa shape index (κ1) is 18.8. The van der Waals surface area contributed by atoms with E-state index < -0.39 is 0 Å². The van der Waals surface area contributed by atoms with E-state index in [1.165, 1.54) is 0 Å². The van der Waals surface area contributed by atoms with Gasteiger partial charge in [-0.1, -0.05) is 18.2 Å². The predicted molar refractivity (Wildman–Crippen MR) is 111 cm³/mol. The first-order valence-electron chi connectivity index (χ1n) is 9.60. The molecule has 0 unspecified atom stereocenters. The van der Waals surface area contributed by atoms with Gasteiger partial charge in [0.1, 0.15) is 17.3 Å². The molecule has 1 saturated heterocycles. The van der Waals surface area contributed by atoms with E-state index in [9.17, 15) is 4.79 Å². The van der Waals surface area contributed by atoms with Crippen LogP contribution in [0.5, 0.6) is 0 Å². The number of carbonyl (C=O) groups excluding carboxylic acids is 1. The van der Waals surface area contributed by atoms with Gasteiger partial charge in [-0.2, -0.15) is 0 Å². The number of benzene rings is 1. The van der Waals surface area contributed by atoms with Crippen molar-refractivity contribution in [2.75, 3.05) is 36.4 Å². The van der Waals surface area contributed by atoms with E-state index in [-0.39, 0.29) is 5.91 Å². The maximum Gasteiger partial charge on any atom is 0.272 e. The highest BCUT2D eigenvalue weighted by atomic mass is 16.2. The van der Waals surface area contributed by atoms with Crippen LogP contribution in [0, 0.1) is 13.8 Å². The molecule has 1 N–H and O–H groups in total. The van der Waals surface area contributed by atoms with Gasteiger partial charge in [0.25, 0.3) is 5.91 Å². The van der Waals surface area contributed by atoms with Gasteiger partial charge in [-0.15, -0.1) is 0 Å². The Morgan fingerprint density at radius 3 is 2.41 bits per heavy atom. The lowest BCUT2D eigenvalue weighted by Gasteiger charge is -2.34. The van der Waals surface area contributed by atoms with Crippen LogP contribution in [-0.2, 0) is 0 Å². The number of aryl methyl sites for hydroxylation is 2. The maximum absolute atomic E-state index is 13.0. The standard InChI is InChI=1S/C21H23N7O/c1-15-6-3-4-7-17(15)26-19-14-18(24-16(2)25-19)20(29)27-10-12-28(13-11-27)21-22-8-5-9-23-21/h3-9,14H,10-13H2,1-2H3,(H,24,25,26). The summed E-state index contributed by atoms with van der Waals surface area (Å²) in [7, 11) is 0. The molecule has 0 aliphatic carbocycles. The molecular weight excluding hydrogens is 366 g/mol. The van der Waals surface area contributed by atoms with Gasteiger partial charge in [0, 0.05) is 50.3 Å². The Morgan fingerprint density at radius 2 is 1.69 bits per heavy atom. The van der Waals surface area contributed by atoms with E-state index in [4.69, 9.17) is 0 Å². The summed E-state index contributed by atoms with van der Waals surface area (Å²) < 4.78 is 0. The number of nitrogens with zero attached hydrogens (tertiary/aromatic N) is 6. The topological polar surface area (TPSA) is 87.1 Å². The van der Waals surface area contributed by atoms with Crippen LogP contribution in [0.2, 0.25) is 0 Å². The molecule has 1 aliphatic heterocycles. The van der Waals surface area contributed by atoms with Crippen molar-refractivity contribution in [2.24, 2.45) is 0 Å². The average Bonchev–Trinajstić information content (AvgIpc) is 2.75. The molecule has 1 aliphatic rings. The summed E-state index contributed by atoms with van der Waals surface area (Å²) >= 11 is 0. The molecule has 8 heteroatoms. The molecule has 1 amide bonds. The first-order valence-corrected chi connectivity index (χ1v) is 9.60. The van der Waals surface area contributed by atoms with Gasteiger partial charge in [-0.05, 0) is 31.5 Å². The molecule has 3 aromatic rings. The summed E-state index contributed by atoms with van der Waals surface area (Å²) in [5.74, 6) is 1.79. The van der Waals surface area contributed by atoms with Crippen molar-refractivity contribution >= 4 is 23.4 Å². The van der Waals surface area contributed by atoms with Crippen LogP contribution in [0.1, 0.15) is 21.9 Å². The fourth-order valence-electron chi connectivity index (χ4n) is 3.32. The van der Waals surface area contributed by atoms with Crippen LogP contribution < -0.4 is 10.2 Å². The summed E-state index contributed by atoms with van der Waals surface area (Å²) in [6.07, 6.45) is 3.46. The SMILES string of the molecule is Cc1nc(Nc2ccccc2C)cc(C(=O)N2CCN(c3ncccn3)CC2)n1. The van der Waals surface area contributed by atoms with E-state index in [0.717, 1.165) is 11.3 Å². The largest absolute Gasteiger partial charge is 0.340 e. The van der Waals surface area contributed by atoms with Crippen LogP contribution in [-0.4, -0.2) is 56.9 Å². The Morgan fingerprint density at radius 1 is 0.966 bits per heavy atom. The molecule has 1 fully saturated rings. The fourth-order valence-corrected chi connectivity index (χ4v) is 3.32. The summed E-state index contributed by atoms with van der Waals surface area (Å²) in [5.41, 5.74) is 2.47. The van der Waals surface area contributed by atoms with E-state index >= 15 is 0 Å². The molecule has 4 rings (SSSR count). The summed E-state index contributed by atoms with van der Waals surface area (Å²) in [6, 6.07) is 11.5. The first-order chi connectivity index (χ1) is 14.1. The maximum atomic E-state index is 13.0. The van der Waals surface area contributed by atoms with Crippen molar-refractivity contribution in [1.29, 1.82) is 0 Å². The van der Waals surface area contributed by atoms with Crippen LogP contribution in [0.25, 0.3) is 0 Å². The van der Waals surface area contributed by atoms with Crippen molar-refractivity contribution in [1.82, 2.24) is 24.8 Å². The molecule has 0 saturated carbocycles. The lowest BCUT2D eigenvalue weighted by atomic mass is 10.2. The molecule has 8 nitrogen and oxygen atoms in total. The summed E-state index contributed by atoms with van der Waals surface area (Å²) in [6.45, 7) is 6.40. The minimum atomic E-state index is -0.0861. The second-order valence-electron chi connectivity index (χ2n) is 6.95. The molecule has 0 atom stereocenters. The van der Waals surface area contributed by atoms with Crippen LogP contribution in [0.3, 0.4) is 0 Å². The number of para-hydroxylation sites is 1. The number of carbonyl (C=O) groups is 1. The third-order valence-corrected chi connectivity index (χ3v) is 4.87. The Kier molecular flexibility index (Phi) is 5.33. The normalized spacial score (nSPS) is 14.0. The molecule has 2 aromatic heterocycles. The van der Waals surface area contributed by atoms with Crippen LogP contribution in [0.4, 0.5) is 17.5 Å². The van der Waals surface area contributed by atoms with Gasteiger partial charge in [0.2, 0.25) is 5.95 Å². The van der Waals surface area contributed by atoms with Crippen molar-refractivity contribution in [3.63, 3.8) is 0 Å². The highest BCUT2D eigenvalue weighted by Crippen LogP contribution is 2.20. The molecular formula is C21H23N7O. The number of hydrogen-bond acceptors (Lipinski definition) is 7. The van der Waals surface area contributed by atoms with Gasteiger partial charge >= 0.3 is 0 Å². The van der Waals surface area contributed by atoms with Gasteiger partial charge in [0.05, 0.1) is 0 Å². The average molecular weight is 389 g/mol. The highest BCUT2D eigenvalue weighted by Gasteiger charge is 2.24. The van der Waals surface area contributed by atoms with Gasteiger partial charge < -0.3 is 15.1 Å². The van der Waals surface area contributed by atoms with Crippen LogP contribution in [0.15, 0.2) is 48.8 Å². The lowest BCUT2D eigenvalue weighted by Crippen LogP contribution is -2.49. The molecule has 1 aromatic carbocycles. The second kappa shape index (κ2) is 8.22. The van der Waals surface area contributed by atoms with E-state index in [0.29, 0.717) is 49.5 Å². The smallest absolute Gasteiger partial charge is 0.272 e. The molecule has 0 radical (unpaired) electrons. The van der Waals surface area contributed by atoms with Crippen molar-refractivity contribution < 1.29 is 4.79 Å². The summed E-state index contributed by atoms with van der Waals surface area (Å²) in [5, 5.41) is 3.29. The van der Waals surface area contributed by atoms with Crippen molar-refractivity contribution in [3.8, 4) is 0 Å². The molecule has 148 valence electrons. The number of amides is 1. The monoisotopic (exact) mass is 389 g/mol. The van der Waals surface area contributed by atoms with Gasteiger partial charge in [-0.3, -0.25) is 4.79 Å². The number of aromatic nitrogens is 4. The third kappa shape index (κ3) is 4.31. The third-order valence-electron chi connectivity index (χ3n) is 4.87. The molecule has 0 spiro atoms. The van der Waals surface area contributed by atoms with E-state index in [2.05, 4.69) is 30.2 Å². The quantitative estimate of drug-likeness (QED) is 0.734. The van der Waals surface area contributed by atoms with Crippen molar-refractivity contribution in [2.45, 2.75) is 13.8 Å². The zero-order valence-electron chi connectivity index (χ0n) is 16.5. The number of nitrogens with one attached hydrogen (secondary N) is 1. The van der Waals surface area contributed by atoms with Crippen molar-refractivity contribution in [3.05, 3.63) is 65.9 Å². The minimum absolute atomic E-state index is 0.0861. The Labute approximate surface area is 169 Å². The number of piperazine rings is 1. The zero-order valence-corrected chi connectivity index (χ0v) is 16.5. The van der Waals surface area contributed by atoms with E-state index in [1.54, 1.807) is 31.5 Å². The van der Waals surface area contributed by atoms with E-state index in [1.807, 2.05) is 36.1 Å². The molecule has 3 heterocycles. The Bertz CT molecular complexity index is 1000. The van der Waals surface area contributed by atoms with Crippen LogP contribution >= 0.6 is 0 Å². The van der Waals surface area contributed by atoms with Gasteiger partial charge in [0.15, 0.2) is 0 Å². The highest BCUT2D eigenvalue weighted by molar-refractivity contribution is 5.93. The second-order valence-corrected chi connectivity index (χ2v) is 6.95. The Balaban J connectivity index is 1.46. The summed E-state index contributed by atoms with van der Waals surface area (Å²) in [4.78, 5) is 34.3. The number of hydrogen-bond donors (Lipinski definition) is 1. The minimum Gasteiger partial charge on any atom is -0.340 e. The number of rotatable bonds is 4. The lowest BCUT2D eigenvalue weighted by molar-refractivity contribution is 0.0740. The fraction of sp³-hybridized carbons (Fsp3) is 0.286. The number of anilines is 3. The molecule has 0 bridgehead atoms. The molecule has 29 heavy (non-hydrogen) atoms. The predicted octanol–water partition coefficient (Wildman–Crippen LogP) is 2.59. The zero-order chi connectivity index (χ0) is 20.2.